The predicted molar refractivity (Wildman–Crippen MR) is 109 cm³/mol. The quantitative estimate of drug-likeness (QED) is 0.661. The number of nitrogens with zero attached hydrogens (tertiary/aromatic N) is 3. The summed E-state index contributed by atoms with van der Waals surface area (Å²) in [6.45, 7) is 1.98. The minimum atomic E-state index is -0.0659. The monoisotopic (exact) mass is 390 g/mol. The molecular weight excluding hydrogens is 372 g/mol. The maximum Gasteiger partial charge on any atom is 0.229 e. The molecule has 4 rings (SSSR count). The van der Waals surface area contributed by atoms with Gasteiger partial charge in [0.05, 0.1) is 6.07 Å². The third-order valence-corrected chi connectivity index (χ3v) is 5.54. The Bertz CT molecular complexity index is 1080. The number of nitrogens with one attached hydrogen (secondary N) is 1. The number of amides is 1. The number of pyridine rings is 2. The zero-order valence-electron chi connectivity index (χ0n) is 15.4. The van der Waals surface area contributed by atoms with Gasteiger partial charge in [-0.05, 0) is 53.6 Å². The Hall–Kier alpha value is -2.97. The van der Waals surface area contributed by atoms with Crippen LogP contribution in [-0.4, -0.2) is 15.9 Å². The lowest BCUT2D eigenvalue weighted by atomic mass is 9.96. The average molecular weight is 391 g/mol. The van der Waals surface area contributed by atoms with Gasteiger partial charge in [0, 0.05) is 46.8 Å². The molecule has 0 spiro atoms. The van der Waals surface area contributed by atoms with Gasteiger partial charge in [0.25, 0.3) is 0 Å². The molecule has 2 unspecified atom stereocenters. The lowest BCUT2D eigenvalue weighted by Gasteiger charge is -2.12. The summed E-state index contributed by atoms with van der Waals surface area (Å²) in [5.41, 5.74) is 1.89. The van der Waals surface area contributed by atoms with E-state index in [1.807, 2.05) is 43.3 Å². The van der Waals surface area contributed by atoms with Crippen molar-refractivity contribution in [1.82, 2.24) is 9.97 Å². The first-order valence-electron chi connectivity index (χ1n) is 9.24. The molecule has 2 aromatic heterocycles. The highest BCUT2D eigenvalue weighted by Gasteiger charge is 2.44. The van der Waals surface area contributed by atoms with Gasteiger partial charge in [0.1, 0.15) is 5.82 Å². The molecule has 1 N–H and O–H groups in total. The highest BCUT2D eigenvalue weighted by molar-refractivity contribution is 6.32. The number of hydrogen-bond donors (Lipinski definition) is 1. The fourth-order valence-electron chi connectivity index (χ4n) is 3.50. The number of benzene rings is 1. The maximum atomic E-state index is 12.6. The van der Waals surface area contributed by atoms with Gasteiger partial charge >= 0.3 is 0 Å². The summed E-state index contributed by atoms with van der Waals surface area (Å²) in [6, 6.07) is 13.6. The molecule has 28 heavy (non-hydrogen) atoms. The molecule has 1 aliphatic rings. The van der Waals surface area contributed by atoms with Crippen LogP contribution in [0.3, 0.4) is 0 Å². The standard InChI is InChI=1S/C22H19ClN4O/c1-13(5-6-24)16-8-14-10-21(26-12-15(14)9-19(16)23)27-22(28)18-11-17(18)20-4-2-3-7-25-20/h2-4,7-10,12-13,17-18H,5,11H2,1H3,(H,26,27,28)/t13-,17?,18?/m0/s1. The molecule has 3 atom stereocenters. The van der Waals surface area contributed by atoms with Crippen LogP contribution in [0.4, 0.5) is 5.82 Å². The first-order chi connectivity index (χ1) is 13.6. The van der Waals surface area contributed by atoms with E-state index in [0.717, 1.165) is 28.5 Å². The number of aromatic nitrogens is 2. The molecule has 0 bridgehead atoms. The van der Waals surface area contributed by atoms with E-state index in [1.165, 1.54) is 0 Å². The van der Waals surface area contributed by atoms with E-state index in [0.29, 0.717) is 17.3 Å². The molecule has 0 radical (unpaired) electrons. The molecule has 3 aromatic rings. The van der Waals surface area contributed by atoms with Gasteiger partial charge in [0.15, 0.2) is 0 Å². The Morgan fingerprint density at radius 3 is 2.93 bits per heavy atom. The summed E-state index contributed by atoms with van der Waals surface area (Å²) < 4.78 is 0. The maximum absolute atomic E-state index is 12.6. The van der Waals surface area contributed by atoms with E-state index >= 15 is 0 Å². The van der Waals surface area contributed by atoms with E-state index in [2.05, 4.69) is 21.4 Å². The van der Waals surface area contributed by atoms with E-state index in [4.69, 9.17) is 16.9 Å². The van der Waals surface area contributed by atoms with Crippen molar-refractivity contribution < 1.29 is 4.79 Å². The smallest absolute Gasteiger partial charge is 0.229 e. The Morgan fingerprint density at radius 2 is 2.18 bits per heavy atom. The van der Waals surface area contributed by atoms with Crippen molar-refractivity contribution in [3.63, 3.8) is 0 Å². The summed E-state index contributed by atoms with van der Waals surface area (Å²) >= 11 is 6.37. The average Bonchev–Trinajstić information content (AvgIpc) is 3.49. The van der Waals surface area contributed by atoms with Crippen LogP contribution in [0.5, 0.6) is 0 Å². The van der Waals surface area contributed by atoms with Crippen LogP contribution in [0.1, 0.15) is 42.9 Å². The van der Waals surface area contributed by atoms with Crippen molar-refractivity contribution in [3.8, 4) is 6.07 Å². The molecular formula is C22H19ClN4O. The Morgan fingerprint density at radius 1 is 1.32 bits per heavy atom. The van der Waals surface area contributed by atoms with E-state index in [1.54, 1.807) is 12.4 Å². The zero-order chi connectivity index (χ0) is 19.7. The van der Waals surface area contributed by atoms with Gasteiger partial charge in [-0.2, -0.15) is 5.26 Å². The summed E-state index contributed by atoms with van der Waals surface area (Å²) in [5, 5.41) is 14.3. The summed E-state index contributed by atoms with van der Waals surface area (Å²) in [4.78, 5) is 21.3. The molecule has 6 heteroatoms. The molecule has 1 amide bonds. The Balaban J connectivity index is 1.52. The van der Waals surface area contributed by atoms with Crippen LogP contribution in [0.25, 0.3) is 10.8 Å². The van der Waals surface area contributed by atoms with Crippen LogP contribution >= 0.6 is 11.6 Å². The number of anilines is 1. The molecule has 1 saturated carbocycles. The largest absolute Gasteiger partial charge is 0.310 e. The van der Waals surface area contributed by atoms with Crippen molar-refractivity contribution in [2.24, 2.45) is 5.92 Å². The molecule has 0 saturated heterocycles. The second-order valence-electron chi connectivity index (χ2n) is 7.25. The van der Waals surface area contributed by atoms with Crippen molar-refractivity contribution in [1.29, 1.82) is 5.26 Å². The topological polar surface area (TPSA) is 78.7 Å². The lowest BCUT2D eigenvalue weighted by Crippen LogP contribution is -2.15. The number of fused-ring (bicyclic) bond motifs is 1. The lowest BCUT2D eigenvalue weighted by molar-refractivity contribution is -0.117. The van der Waals surface area contributed by atoms with Gasteiger partial charge in [-0.25, -0.2) is 4.98 Å². The van der Waals surface area contributed by atoms with Crippen LogP contribution < -0.4 is 5.32 Å². The van der Waals surface area contributed by atoms with E-state index < -0.39 is 0 Å². The predicted octanol–water partition coefficient (Wildman–Crippen LogP) is 5.04. The van der Waals surface area contributed by atoms with Gasteiger partial charge < -0.3 is 5.32 Å². The second kappa shape index (κ2) is 7.57. The number of carbonyl (C=O) groups excluding carboxylic acids is 1. The number of nitriles is 1. The fourth-order valence-corrected chi connectivity index (χ4v) is 3.86. The number of rotatable bonds is 5. The van der Waals surface area contributed by atoms with Crippen LogP contribution in [-0.2, 0) is 4.79 Å². The third-order valence-electron chi connectivity index (χ3n) is 5.21. The second-order valence-corrected chi connectivity index (χ2v) is 7.65. The van der Waals surface area contributed by atoms with E-state index in [-0.39, 0.29) is 23.7 Å². The van der Waals surface area contributed by atoms with Crippen molar-refractivity contribution in [3.05, 3.63) is 65.1 Å². The van der Waals surface area contributed by atoms with Crippen molar-refractivity contribution in [2.45, 2.75) is 31.6 Å². The SMILES string of the molecule is C[C@@H](CC#N)c1cc2cc(NC(=O)C3CC3c3ccccn3)ncc2cc1Cl. The molecule has 140 valence electrons. The number of halogens is 1. The zero-order valence-corrected chi connectivity index (χ0v) is 16.1. The molecule has 1 aromatic carbocycles. The summed E-state index contributed by atoms with van der Waals surface area (Å²) in [7, 11) is 0. The van der Waals surface area contributed by atoms with Crippen LogP contribution in [0.2, 0.25) is 5.02 Å². The Kier molecular flexibility index (Phi) is 4.97. The first kappa shape index (κ1) is 18.4. The van der Waals surface area contributed by atoms with Crippen molar-refractivity contribution in [2.75, 3.05) is 5.32 Å². The molecule has 0 aliphatic heterocycles. The van der Waals surface area contributed by atoms with Crippen molar-refractivity contribution >= 4 is 34.1 Å². The molecule has 1 aliphatic carbocycles. The van der Waals surface area contributed by atoms with Gasteiger partial charge in [-0.1, -0.05) is 24.6 Å². The van der Waals surface area contributed by atoms with Crippen LogP contribution in [0.15, 0.2) is 48.8 Å². The summed E-state index contributed by atoms with van der Waals surface area (Å²) in [5.74, 6) is 0.640. The number of hydrogen-bond acceptors (Lipinski definition) is 4. The molecule has 1 fully saturated rings. The number of carbonyl (C=O) groups is 1. The van der Waals surface area contributed by atoms with Gasteiger partial charge in [-0.3, -0.25) is 9.78 Å². The molecule has 2 heterocycles. The highest BCUT2D eigenvalue weighted by Crippen LogP contribution is 2.47. The molecule has 5 nitrogen and oxygen atoms in total. The summed E-state index contributed by atoms with van der Waals surface area (Å²) in [6.07, 6.45) is 4.67. The first-order valence-corrected chi connectivity index (χ1v) is 9.62. The van der Waals surface area contributed by atoms with E-state index in [9.17, 15) is 4.79 Å². The van der Waals surface area contributed by atoms with Gasteiger partial charge in [0.2, 0.25) is 5.91 Å². The van der Waals surface area contributed by atoms with Gasteiger partial charge in [-0.15, -0.1) is 0 Å². The normalized spacial score (nSPS) is 19.0. The minimum Gasteiger partial charge on any atom is -0.310 e. The Labute approximate surface area is 168 Å². The highest BCUT2D eigenvalue weighted by atomic mass is 35.5. The minimum absolute atomic E-state index is 0.0328. The third kappa shape index (κ3) is 3.69. The fraction of sp³-hybridized carbons (Fsp3) is 0.273. The van der Waals surface area contributed by atoms with Crippen LogP contribution in [0, 0.1) is 17.2 Å².